The van der Waals surface area contributed by atoms with Crippen LogP contribution in [0.1, 0.15) is 12.5 Å². The quantitative estimate of drug-likeness (QED) is 0.456. The van der Waals surface area contributed by atoms with Crippen LogP contribution in [-0.4, -0.2) is 12.6 Å². The molecule has 0 bridgehead atoms. The summed E-state index contributed by atoms with van der Waals surface area (Å²) >= 11 is 5.83. The standard InChI is InChI=1S/C15H15ClO2/c1-2-18-15(17)12-14(16)11-7-6-10-13-8-4-3-5-9-13/h3-12H,2H2,1H3/b10-6+,11-7+,14-12+. The van der Waals surface area contributed by atoms with Gasteiger partial charge in [0.25, 0.3) is 0 Å². The van der Waals surface area contributed by atoms with Gasteiger partial charge >= 0.3 is 5.97 Å². The van der Waals surface area contributed by atoms with Crippen molar-refractivity contribution >= 4 is 23.6 Å². The SMILES string of the molecule is CCOC(=O)\C=C(Cl)/C=C/C=C/c1ccccc1. The molecule has 0 aromatic heterocycles. The number of rotatable bonds is 5. The summed E-state index contributed by atoms with van der Waals surface area (Å²) in [7, 11) is 0. The number of esters is 1. The predicted octanol–water partition coefficient (Wildman–Crippen LogP) is 3.94. The summed E-state index contributed by atoms with van der Waals surface area (Å²) in [5.41, 5.74) is 1.10. The molecular weight excluding hydrogens is 248 g/mol. The van der Waals surface area contributed by atoms with E-state index in [0.29, 0.717) is 11.6 Å². The molecule has 0 aliphatic heterocycles. The van der Waals surface area contributed by atoms with Gasteiger partial charge in [-0.1, -0.05) is 60.2 Å². The van der Waals surface area contributed by atoms with Gasteiger partial charge in [-0.3, -0.25) is 0 Å². The summed E-state index contributed by atoms with van der Waals surface area (Å²) < 4.78 is 4.74. The van der Waals surface area contributed by atoms with Gasteiger partial charge in [0.15, 0.2) is 0 Å². The molecule has 0 unspecified atom stereocenters. The Kier molecular flexibility index (Phi) is 6.59. The zero-order chi connectivity index (χ0) is 13.2. The second kappa shape index (κ2) is 8.31. The molecule has 0 fully saturated rings. The van der Waals surface area contributed by atoms with Crippen LogP contribution < -0.4 is 0 Å². The van der Waals surface area contributed by atoms with Crippen molar-refractivity contribution in [1.82, 2.24) is 0 Å². The van der Waals surface area contributed by atoms with E-state index in [4.69, 9.17) is 16.3 Å². The number of allylic oxidation sites excluding steroid dienone is 4. The van der Waals surface area contributed by atoms with Crippen molar-refractivity contribution < 1.29 is 9.53 Å². The van der Waals surface area contributed by atoms with Crippen molar-refractivity contribution in [3.63, 3.8) is 0 Å². The number of ether oxygens (including phenoxy) is 1. The van der Waals surface area contributed by atoms with Crippen molar-refractivity contribution in [1.29, 1.82) is 0 Å². The molecule has 1 aromatic carbocycles. The number of hydrogen-bond donors (Lipinski definition) is 0. The largest absolute Gasteiger partial charge is 0.463 e. The lowest BCUT2D eigenvalue weighted by molar-refractivity contribution is -0.137. The third-order valence-corrected chi connectivity index (χ3v) is 2.23. The molecule has 0 spiro atoms. The molecule has 0 saturated carbocycles. The minimum atomic E-state index is -0.431. The van der Waals surface area contributed by atoms with E-state index < -0.39 is 5.97 Å². The molecule has 1 rings (SSSR count). The van der Waals surface area contributed by atoms with Gasteiger partial charge in [-0.2, -0.15) is 0 Å². The summed E-state index contributed by atoms with van der Waals surface area (Å²) in [6.45, 7) is 2.09. The number of carbonyl (C=O) groups excluding carboxylic acids is 1. The number of benzene rings is 1. The highest BCUT2D eigenvalue weighted by Gasteiger charge is 1.95. The smallest absolute Gasteiger partial charge is 0.332 e. The van der Waals surface area contributed by atoms with Crippen molar-refractivity contribution in [3.05, 3.63) is 65.2 Å². The molecule has 0 atom stereocenters. The molecule has 3 heteroatoms. The highest BCUT2D eigenvalue weighted by molar-refractivity contribution is 6.32. The van der Waals surface area contributed by atoms with E-state index in [0.717, 1.165) is 5.56 Å². The Bertz CT molecular complexity index is 459. The third kappa shape index (κ3) is 6.06. The fourth-order valence-corrected chi connectivity index (χ4v) is 1.38. The molecule has 2 nitrogen and oxygen atoms in total. The van der Waals surface area contributed by atoms with Crippen LogP contribution in [-0.2, 0) is 9.53 Å². The van der Waals surface area contributed by atoms with Crippen LogP contribution in [0.25, 0.3) is 6.08 Å². The molecule has 0 heterocycles. The third-order valence-electron chi connectivity index (χ3n) is 2.00. The minimum Gasteiger partial charge on any atom is -0.463 e. The summed E-state index contributed by atoms with van der Waals surface area (Å²) in [6.07, 6.45) is 8.46. The molecule has 0 amide bonds. The Morgan fingerprint density at radius 2 is 2.00 bits per heavy atom. The Balaban J connectivity index is 2.50. The van der Waals surface area contributed by atoms with E-state index >= 15 is 0 Å². The number of hydrogen-bond acceptors (Lipinski definition) is 2. The maximum Gasteiger partial charge on any atom is 0.332 e. The van der Waals surface area contributed by atoms with Crippen LogP contribution in [0, 0.1) is 0 Å². The van der Waals surface area contributed by atoms with Gasteiger partial charge in [0.2, 0.25) is 0 Å². The minimum absolute atomic E-state index is 0.339. The van der Waals surface area contributed by atoms with Gasteiger partial charge in [-0.25, -0.2) is 4.79 Å². The van der Waals surface area contributed by atoms with Crippen LogP contribution in [0.3, 0.4) is 0 Å². The van der Waals surface area contributed by atoms with E-state index in [-0.39, 0.29) is 0 Å². The topological polar surface area (TPSA) is 26.3 Å². The zero-order valence-corrected chi connectivity index (χ0v) is 10.9. The number of carbonyl (C=O) groups is 1. The Hall–Kier alpha value is -1.80. The van der Waals surface area contributed by atoms with Gasteiger partial charge in [0.05, 0.1) is 6.61 Å². The maximum atomic E-state index is 11.1. The Morgan fingerprint density at radius 3 is 2.67 bits per heavy atom. The second-order valence-electron chi connectivity index (χ2n) is 3.41. The van der Waals surface area contributed by atoms with E-state index in [1.54, 1.807) is 19.1 Å². The van der Waals surface area contributed by atoms with E-state index in [9.17, 15) is 4.79 Å². The van der Waals surface area contributed by atoms with Crippen LogP contribution >= 0.6 is 11.6 Å². The van der Waals surface area contributed by atoms with E-state index in [2.05, 4.69) is 0 Å². The lowest BCUT2D eigenvalue weighted by atomic mass is 10.2. The van der Waals surface area contributed by atoms with Crippen molar-refractivity contribution in [3.8, 4) is 0 Å². The fraction of sp³-hybridized carbons (Fsp3) is 0.133. The summed E-state index contributed by atoms with van der Waals surface area (Å²) in [6, 6.07) is 9.90. The molecule has 0 saturated heterocycles. The molecule has 0 aliphatic rings. The lowest BCUT2D eigenvalue weighted by Crippen LogP contribution is -1.99. The van der Waals surface area contributed by atoms with Crippen LogP contribution in [0.5, 0.6) is 0 Å². The highest BCUT2D eigenvalue weighted by Crippen LogP contribution is 2.05. The number of halogens is 1. The summed E-state index contributed by atoms with van der Waals surface area (Å²) in [5.74, 6) is -0.431. The first kappa shape index (κ1) is 14.3. The van der Waals surface area contributed by atoms with Crippen molar-refractivity contribution in [2.24, 2.45) is 0 Å². The summed E-state index contributed by atoms with van der Waals surface area (Å²) in [5, 5.41) is 0.339. The second-order valence-corrected chi connectivity index (χ2v) is 3.85. The molecular formula is C15H15ClO2. The van der Waals surface area contributed by atoms with Crippen LogP contribution in [0.2, 0.25) is 0 Å². The van der Waals surface area contributed by atoms with E-state index in [1.165, 1.54) is 6.08 Å². The molecule has 0 aliphatic carbocycles. The molecule has 0 radical (unpaired) electrons. The lowest BCUT2D eigenvalue weighted by Gasteiger charge is -1.94. The van der Waals surface area contributed by atoms with Gasteiger partial charge in [-0.05, 0) is 18.6 Å². The molecule has 18 heavy (non-hydrogen) atoms. The highest BCUT2D eigenvalue weighted by atomic mass is 35.5. The van der Waals surface area contributed by atoms with E-state index in [1.807, 2.05) is 42.5 Å². The molecule has 94 valence electrons. The Morgan fingerprint density at radius 1 is 1.28 bits per heavy atom. The predicted molar refractivity (Wildman–Crippen MR) is 75.2 cm³/mol. The first-order valence-electron chi connectivity index (χ1n) is 5.66. The molecule has 1 aromatic rings. The fourth-order valence-electron chi connectivity index (χ4n) is 1.22. The van der Waals surface area contributed by atoms with Gasteiger partial charge in [0, 0.05) is 11.1 Å². The van der Waals surface area contributed by atoms with Gasteiger partial charge < -0.3 is 4.74 Å². The van der Waals surface area contributed by atoms with Gasteiger partial charge in [0.1, 0.15) is 0 Å². The zero-order valence-electron chi connectivity index (χ0n) is 10.2. The molecule has 0 N–H and O–H groups in total. The van der Waals surface area contributed by atoms with Crippen molar-refractivity contribution in [2.75, 3.05) is 6.61 Å². The van der Waals surface area contributed by atoms with Crippen molar-refractivity contribution in [2.45, 2.75) is 6.92 Å². The normalized spacial score (nSPS) is 12.2. The summed E-state index contributed by atoms with van der Waals surface area (Å²) in [4.78, 5) is 11.1. The monoisotopic (exact) mass is 262 g/mol. The van der Waals surface area contributed by atoms with Crippen LogP contribution in [0.4, 0.5) is 0 Å². The average Bonchev–Trinajstić information content (AvgIpc) is 2.36. The Labute approximate surface area is 112 Å². The van der Waals surface area contributed by atoms with Gasteiger partial charge in [-0.15, -0.1) is 0 Å². The van der Waals surface area contributed by atoms with Crippen LogP contribution in [0.15, 0.2) is 59.7 Å². The maximum absolute atomic E-state index is 11.1. The first-order valence-corrected chi connectivity index (χ1v) is 6.04. The first-order chi connectivity index (χ1) is 8.72. The average molecular weight is 263 g/mol.